The van der Waals surface area contributed by atoms with Crippen molar-refractivity contribution in [3.63, 3.8) is 0 Å². The van der Waals surface area contributed by atoms with Gasteiger partial charge in [-0.25, -0.2) is 0 Å². The van der Waals surface area contributed by atoms with E-state index in [4.69, 9.17) is 19.8 Å². The van der Waals surface area contributed by atoms with E-state index in [-0.39, 0.29) is 30.9 Å². The molecule has 0 aliphatic carbocycles. The fraction of sp³-hybridized carbons (Fsp3) is 0.632. The first kappa shape index (κ1) is 23.9. The Balaban J connectivity index is 0.00000364. The molecule has 1 amide bonds. The van der Waals surface area contributed by atoms with Crippen LogP contribution in [0.5, 0.6) is 0 Å². The number of benzene rings is 1. The van der Waals surface area contributed by atoms with Crippen LogP contribution < -0.4 is 11.1 Å². The lowest BCUT2D eigenvalue weighted by atomic mass is 9.75. The SMILES string of the molecule is COC[C@@H](N)C(=O)N[C@@H](CCc1ccccc1)B1OC(C)(C)C(C)(C)O1.Cl. The maximum atomic E-state index is 12.4. The summed E-state index contributed by atoms with van der Waals surface area (Å²) in [6.45, 7) is 8.17. The molecule has 0 unspecified atom stereocenters. The highest BCUT2D eigenvalue weighted by atomic mass is 35.5. The van der Waals surface area contributed by atoms with Crippen molar-refractivity contribution in [2.45, 2.75) is 63.7 Å². The summed E-state index contributed by atoms with van der Waals surface area (Å²) in [6, 6.07) is 9.42. The third-order valence-electron chi connectivity index (χ3n) is 5.20. The number of carbonyl (C=O) groups is 1. The summed E-state index contributed by atoms with van der Waals surface area (Å²) in [5.41, 5.74) is 6.16. The van der Waals surface area contributed by atoms with E-state index in [0.29, 0.717) is 6.42 Å². The highest BCUT2D eigenvalue weighted by molar-refractivity contribution is 6.48. The Hall–Kier alpha value is -1.12. The van der Waals surface area contributed by atoms with Gasteiger partial charge >= 0.3 is 7.12 Å². The first-order valence-electron chi connectivity index (χ1n) is 9.11. The molecule has 2 rings (SSSR count). The van der Waals surface area contributed by atoms with Gasteiger partial charge in [0.25, 0.3) is 0 Å². The molecule has 1 heterocycles. The van der Waals surface area contributed by atoms with Gasteiger partial charge in [-0.3, -0.25) is 4.79 Å². The van der Waals surface area contributed by atoms with Gasteiger partial charge in [-0.1, -0.05) is 30.3 Å². The molecule has 3 N–H and O–H groups in total. The number of nitrogens with two attached hydrogens (primary N) is 1. The molecule has 8 heteroatoms. The molecule has 0 radical (unpaired) electrons. The van der Waals surface area contributed by atoms with Crippen molar-refractivity contribution in [3.05, 3.63) is 35.9 Å². The monoisotopic (exact) mass is 398 g/mol. The number of nitrogens with one attached hydrogen (secondary N) is 1. The molecule has 152 valence electrons. The van der Waals surface area contributed by atoms with Gasteiger partial charge in [0.1, 0.15) is 6.04 Å². The fourth-order valence-corrected chi connectivity index (χ4v) is 2.84. The minimum atomic E-state index is -0.721. The average molecular weight is 399 g/mol. The molecule has 1 fully saturated rings. The van der Waals surface area contributed by atoms with Gasteiger partial charge in [-0.2, -0.15) is 0 Å². The summed E-state index contributed by atoms with van der Waals surface area (Å²) in [5, 5.41) is 3.00. The second-order valence-corrected chi connectivity index (χ2v) is 7.83. The lowest BCUT2D eigenvalue weighted by Gasteiger charge is -2.32. The Kier molecular flexibility index (Phi) is 8.76. The van der Waals surface area contributed by atoms with Crippen molar-refractivity contribution >= 4 is 25.4 Å². The number of carbonyl (C=O) groups excluding carboxylic acids is 1. The van der Waals surface area contributed by atoms with E-state index in [2.05, 4.69) is 17.4 Å². The lowest BCUT2D eigenvalue weighted by molar-refractivity contribution is -0.123. The largest absolute Gasteiger partial charge is 0.481 e. The number of hydrogen-bond donors (Lipinski definition) is 2. The van der Waals surface area contributed by atoms with Crippen LogP contribution in [0.2, 0.25) is 0 Å². The van der Waals surface area contributed by atoms with Gasteiger partial charge < -0.3 is 25.1 Å². The summed E-state index contributed by atoms with van der Waals surface area (Å²) >= 11 is 0. The molecule has 27 heavy (non-hydrogen) atoms. The van der Waals surface area contributed by atoms with Crippen molar-refractivity contribution in [1.82, 2.24) is 5.32 Å². The summed E-state index contributed by atoms with van der Waals surface area (Å²) in [7, 11) is 0.997. The second-order valence-electron chi connectivity index (χ2n) is 7.83. The Labute approximate surface area is 169 Å². The van der Waals surface area contributed by atoms with Crippen LogP contribution in [0.4, 0.5) is 0 Å². The van der Waals surface area contributed by atoms with Crippen LogP contribution in [-0.4, -0.2) is 49.9 Å². The van der Waals surface area contributed by atoms with Crippen molar-refractivity contribution in [2.75, 3.05) is 13.7 Å². The molecule has 0 aromatic heterocycles. The number of amides is 1. The normalized spacial score (nSPS) is 19.9. The zero-order valence-corrected chi connectivity index (χ0v) is 17.7. The number of methoxy groups -OCH3 is 1. The predicted octanol–water partition coefficient (Wildman–Crippen LogP) is 2.13. The van der Waals surface area contributed by atoms with Crippen molar-refractivity contribution in [2.24, 2.45) is 5.73 Å². The predicted molar refractivity (Wildman–Crippen MR) is 110 cm³/mol. The highest BCUT2D eigenvalue weighted by Gasteiger charge is 2.54. The van der Waals surface area contributed by atoms with Gasteiger partial charge in [-0.05, 0) is 46.1 Å². The molecule has 1 aromatic carbocycles. The van der Waals surface area contributed by atoms with Gasteiger partial charge in [0.05, 0.1) is 23.8 Å². The lowest BCUT2D eigenvalue weighted by Crippen LogP contribution is -2.53. The van der Waals surface area contributed by atoms with Gasteiger partial charge in [0.2, 0.25) is 5.91 Å². The minimum Gasteiger partial charge on any atom is -0.402 e. The van der Waals surface area contributed by atoms with E-state index in [9.17, 15) is 4.79 Å². The third kappa shape index (κ3) is 6.19. The van der Waals surface area contributed by atoms with Crippen molar-refractivity contribution in [1.29, 1.82) is 0 Å². The molecule has 6 nitrogen and oxygen atoms in total. The minimum absolute atomic E-state index is 0. The highest BCUT2D eigenvalue weighted by Crippen LogP contribution is 2.38. The van der Waals surface area contributed by atoms with Crippen molar-refractivity contribution < 1.29 is 18.8 Å². The summed E-state index contributed by atoms with van der Waals surface area (Å²) in [5.74, 6) is -0.564. The molecule has 1 aliphatic heterocycles. The summed E-state index contributed by atoms with van der Waals surface area (Å²) in [6.07, 6.45) is 1.49. The standard InChI is InChI=1S/C19H31BN2O4.ClH/c1-18(2)19(3,4)26-20(25-18)16(22-17(23)15(21)13-24-5)12-11-14-9-7-6-8-10-14;/h6-10,15-16H,11-13,21H2,1-5H3,(H,22,23);1H/t15-,16+;/m1./s1. The van der Waals surface area contributed by atoms with E-state index in [1.54, 1.807) is 0 Å². The first-order valence-corrected chi connectivity index (χ1v) is 9.11. The van der Waals surface area contributed by atoms with Crippen LogP contribution >= 0.6 is 12.4 Å². The van der Waals surface area contributed by atoms with Crippen LogP contribution in [0.1, 0.15) is 39.7 Å². The zero-order chi connectivity index (χ0) is 19.4. The van der Waals surface area contributed by atoms with Crippen LogP contribution in [0.25, 0.3) is 0 Å². The van der Waals surface area contributed by atoms with E-state index in [1.165, 1.54) is 12.7 Å². The first-order chi connectivity index (χ1) is 12.2. The van der Waals surface area contributed by atoms with E-state index >= 15 is 0 Å². The van der Waals surface area contributed by atoms with E-state index in [0.717, 1.165) is 6.42 Å². The molecule has 0 saturated carbocycles. The average Bonchev–Trinajstić information content (AvgIpc) is 2.80. The molecule has 1 saturated heterocycles. The summed E-state index contributed by atoms with van der Waals surface area (Å²) in [4.78, 5) is 12.4. The summed E-state index contributed by atoms with van der Waals surface area (Å²) < 4.78 is 17.3. The molecule has 0 spiro atoms. The smallest absolute Gasteiger partial charge is 0.402 e. The van der Waals surface area contributed by atoms with Gasteiger partial charge in [0, 0.05) is 7.11 Å². The Morgan fingerprint density at radius 2 is 1.74 bits per heavy atom. The van der Waals surface area contributed by atoms with E-state index in [1.807, 2.05) is 45.9 Å². The molecular formula is C19H32BClN2O4. The topological polar surface area (TPSA) is 82.8 Å². The van der Waals surface area contributed by atoms with Crippen LogP contribution in [-0.2, 0) is 25.3 Å². The van der Waals surface area contributed by atoms with Crippen LogP contribution in [0.3, 0.4) is 0 Å². The quantitative estimate of drug-likeness (QED) is 0.656. The van der Waals surface area contributed by atoms with Crippen LogP contribution in [0.15, 0.2) is 30.3 Å². The number of halogens is 1. The number of rotatable bonds is 8. The van der Waals surface area contributed by atoms with Gasteiger partial charge in [0.15, 0.2) is 0 Å². The molecule has 1 aromatic rings. The van der Waals surface area contributed by atoms with E-state index < -0.39 is 24.4 Å². The third-order valence-corrected chi connectivity index (χ3v) is 5.20. The maximum Gasteiger partial charge on any atom is 0.481 e. The number of aryl methyl sites for hydroxylation is 1. The second kappa shape index (κ2) is 9.89. The molecular weight excluding hydrogens is 366 g/mol. The van der Waals surface area contributed by atoms with Crippen LogP contribution in [0, 0.1) is 0 Å². The zero-order valence-electron chi connectivity index (χ0n) is 16.9. The Bertz CT molecular complexity index is 585. The van der Waals surface area contributed by atoms with Gasteiger partial charge in [-0.15, -0.1) is 12.4 Å². The Morgan fingerprint density at radius 3 is 2.26 bits per heavy atom. The fourth-order valence-electron chi connectivity index (χ4n) is 2.84. The molecule has 0 bridgehead atoms. The Morgan fingerprint density at radius 1 is 1.19 bits per heavy atom. The van der Waals surface area contributed by atoms with Crippen molar-refractivity contribution in [3.8, 4) is 0 Å². The molecule has 1 aliphatic rings. The molecule has 2 atom stereocenters. The number of hydrogen-bond acceptors (Lipinski definition) is 5. The maximum absolute atomic E-state index is 12.4. The number of ether oxygens (including phenoxy) is 1.